The van der Waals surface area contributed by atoms with Gasteiger partial charge in [-0.2, -0.15) is 0 Å². The Morgan fingerprint density at radius 1 is 0.933 bits per heavy atom. The van der Waals surface area contributed by atoms with E-state index >= 15 is 0 Å². The zero-order valence-corrected chi connectivity index (χ0v) is 10.8. The smallest absolute Gasteiger partial charge is 0.377 e. The van der Waals surface area contributed by atoms with Gasteiger partial charge in [-0.25, -0.2) is 0 Å². The van der Waals surface area contributed by atoms with Crippen LogP contribution in [0.3, 0.4) is 0 Å². The Labute approximate surface area is 93.4 Å². The highest BCUT2D eigenvalue weighted by Crippen LogP contribution is 2.33. The third-order valence-corrected chi connectivity index (χ3v) is 5.51. The molecule has 0 spiro atoms. The zero-order valence-electron chi connectivity index (χ0n) is 9.79. The van der Waals surface area contributed by atoms with E-state index in [0.29, 0.717) is 6.04 Å². The van der Waals surface area contributed by atoms with E-state index in [1.807, 2.05) is 0 Å². The van der Waals surface area contributed by atoms with Crippen molar-refractivity contribution in [2.24, 2.45) is 5.41 Å². The lowest BCUT2D eigenvalue weighted by Crippen LogP contribution is -2.46. The van der Waals surface area contributed by atoms with Crippen LogP contribution in [-0.2, 0) is 13.3 Å². The fourth-order valence-corrected chi connectivity index (χ4v) is 3.42. The van der Waals surface area contributed by atoms with Crippen LogP contribution in [-0.4, -0.2) is 30.1 Å². The molecule has 0 aliphatic rings. The predicted molar refractivity (Wildman–Crippen MR) is 64.6 cm³/mol. The van der Waals surface area contributed by atoms with E-state index in [-0.39, 0.29) is 0 Å². The van der Waals surface area contributed by atoms with Gasteiger partial charge in [0.25, 0.3) is 0 Å². The summed E-state index contributed by atoms with van der Waals surface area (Å²) in [6.45, 7) is 11.3. The lowest BCUT2D eigenvalue weighted by molar-refractivity contribution is 0.118. The van der Waals surface area contributed by atoms with E-state index < -0.39 is 14.2 Å². The largest absolute Gasteiger partial charge is 0.501 e. The number of allylic oxidation sites excluding steroid dienone is 3. The van der Waals surface area contributed by atoms with Crippen LogP contribution in [0.4, 0.5) is 0 Å². The SMILES string of the molecule is C=CC(C=C)(C=C)C[Si](OC)(OC)OC. The van der Waals surface area contributed by atoms with Gasteiger partial charge in [-0.3, -0.25) is 0 Å². The van der Waals surface area contributed by atoms with Gasteiger partial charge in [-0.15, -0.1) is 19.7 Å². The Kier molecular flexibility index (Phi) is 5.75. The summed E-state index contributed by atoms with van der Waals surface area (Å²) in [7, 11) is 2.12. The van der Waals surface area contributed by atoms with Crippen LogP contribution >= 0.6 is 0 Å². The Hall–Kier alpha value is -0.683. The molecule has 0 unspecified atom stereocenters. The molecule has 0 amide bonds. The van der Waals surface area contributed by atoms with Crippen molar-refractivity contribution in [2.45, 2.75) is 6.04 Å². The summed E-state index contributed by atoms with van der Waals surface area (Å²) in [5, 5.41) is 0. The molecule has 4 heteroatoms. The van der Waals surface area contributed by atoms with E-state index in [1.165, 1.54) is 0 Å². The highest BCUT2D eigenvalue weighted by Gasteiger charge is 2.44. The summed E-state index contributed by atoms with van der Waals surface area (Å²) >= 11 is 0. The second-order valence-electron chi connectivity index (χ2n) is 3.20. The van der Waals surface area contributed by atoms with Crippen LogP contribution in [0.5, 0.6) is 0 Å². The molecule has 0 bridgehead atoms. The molecule has 0 saturated heterocycles. The maximum Gasteiger partial charge on any atom is 0.501 e. The number of hydrogen-bond donors (Lipinski definition) is 0. The van der Waals surface area contributed by atoms with E-state index in [1.54, 1.807) is 39.6 Å². The molecule has 0 aromatic rings. The molecular weight excluding hydrogens is 208 g/mol. The highest BCUT2D eigenvalue weighted by atomic mass is 28.4. The van der Waals surface area contributed by atoms with Gasteiger partial charge in [-0.1, -0.05) is 18.2 Å². The molecular formula is C11H20O3Si. The maximum atomic E-state index is 5.35. The minimum absolute atomic E-state index is 0.408. The lowest BCUT2D eigenvalue weighted by atomic mass is 9.91. The third kappa shape index (κ3) is 3.14. The Morgan fingerprint density at radius 2 is 1.27 bits per heavy atom. The molecule has 0 aliphatic carbocycles. The second-order valence-corrected chi connectivity index (χ2v) is 6.14. The molecule has 0 rings (SSSR count). The highest BCUT2D eigenvalue weighted by molar-refractivity contribution is 6.60. The predicted octanol–water partition coefficient (Wildman–Crippen LogP) is 2.41. The van der Waals surface area contributed by atoms with Gasteiger partial charge in [0.2, 0.25) is 0 Å². The first-order valence-corrected chi connectivity index (χ1v) is 6.57. The molecule has 0 aliphatic heterocycles. The summed E-state index contributed by atoms with van der Waals surface area (Å²) in [4.78, 5) is 0. The van der Waals surface area contributed by atoms with Gasteiger partial charge in [-0.05, 0) is 0 Å². The Balaban J connectivity index is 4.98. The van der Waals surface area contributed by atoms with Gasteiger partial charge in [0, 0.05) is 32.8 Å². The molecule has 0 fully saturated rings. The molecule has 0 aromatic carbocycles. The summed E-state index contributed by atoms with van der Waals surface area (Å²) < 4.78 is 16.0. The molecule has 3 nitrogen and oxygen atoms in total. The van der Waals surface area contributed by atoms with Gasteiger partial charge < -0.3 is 13.3 Å². The van der Waals surface area contributed by atoms with Gasteiger partial charge in [0.05, 0.1) is 0 Å². The van der Waals surface area contributed by atoms with Crippen molar-refractivity contribution in [3.63, 3.8) is 0 Å². The summed E-state index contributed by atoms with van der Waals surface area (Å²) in [5.41, 5.74) is -0.408. The van der Waals surface area contributed by atoms with E-state index in [4.69, 9.17) is 13.3 Å². The zero-order chi connectivity index (χ0) is 11.9. The lowest BCUT2D eigenvalue weighted by Gasteiger charge is -2.32. The van der Waals surface area contributed by atoms with Crippen molar-refractivity contribution in [2.75, 3.05) is 21.3 Å². The van der Waals surface area contributed by atoms with Crippen LogP contribution < -0.4 is 0 Å². The molecule has 15 heavy (non-hydrogen) atoms. The average molecular weight is 228 g/mol. The third-order valence-electron chi connectivity index (χ3n) is 2.60. The van der Waals surface area contributed by atoms with Gasteiger partial charge in [0.1, 0.15) is 0 Å². The van der Waals surface area contributed by atoms with E-state index in [9.17, 15) is 0 Å². The standard InChI is InChI=1S/C11H20O3Si/c1-7-11(8-2,9-3)10-15(12-4,13-5)14-6/h7-9H,1-3,10H2,4-6H3. The number of rotatable bonds is 8. The van der Waals surface area contributed by atoms with Crippen LogP contribution in [0.25, 0.3) is 0 Å². The van der Waals surface area contributed by atoms with Gasteiger partial charge in [0.15, 0.2) is 0 Å². The van der Waals surface area contributed by atoms with Crippen molar-refractivity contribution < 1.29 is 13.3 Å². The minimum atomic E-state index is -2.63. The van der Waals surface area contributed by atoms with Gasteiger partial charge >= 0.3 is 8.80 Å². The fourth-order valence-electron chi connectivity index (χ4n) is 1.31. The molecule has 86 valence electrons. The molecule has 0 saturated carbocycles. The number of hydrogen-bond acceptors (Lipinski definition) is 3. The Bertz CT molecular complexity index is 204. The first-order chi connectivity index (χ1) is 7.07. The Morgan fingerprint density at radius 3 is 1.47 bits per heavy atom. The van der Waals surface area contributed by atoms with Crippen molar-refractivity contribution in [1.29, 1.82) is 0 Å². The minimum Gasteiger partial charge on any atom is -0.377 e. The summed E-state index contributed by atoms with van der Waals surface area (Å²) in [6, 6.07) is 0.556. The van der Waals surface area contributed by atoms with Crippen molar-refractivity contribution in [1.82, 2.24) is 0 Å². The van der Waals surface area contributed by atoms with E-state index in [0.717, 1.165) is 0 Å². The van der Waals surface area contributed by atoms with Crippen LogP contribution in [0, 0.1) is 5.41 Å². The molecule has 0 atom stereocenters. The van der Waals surface area contributed by atoms with Crippen molar-refractivity contribution >= 4 is 8.80 Å². The van der Waals surface area contributed by atoms with E-state index in [2.05, 4.69) is 19.7 Å². The second kappa shape index (κ2) is 6.02. The molecule has 0 N–H and O–H groups in total. The van der Waals surface area contributed by atoms with Crippen molar-refractivity contribution in [3.05, 3.63) is 38.0 Å². The van der Waals surface area contributed by atoms with Crippen LogP contribution in [0.2, 0.25) is 6.04 Å². The van der Waals surface area contributed by atoms with Crippen LogP contribution in [0.1, 0.15) is 0 Å². The molecule has 0 aromatic heterocycles. The topological polar surface area (TPSA) is 27.7 Å². The first-order valence-electron chi connectivity index (χ1n) is 4.63. The monoisotopic (exact) mass is 228 g/mol. The summed E-state index contributed by atoms with van der Waals surface area (Å²) in [5.74, 6) is 0. The van der Waals surface area contributed by atoms with Crippen molar-refractivity contribution in [3.8, 4) is 0 Å². The normalized spacial score (nSPS) is 12.2. The first kappa shape index (κ1) is 14.3. The average Bonchev–Trinajstić information content (AvgIpc) is 2.33. The fraction of sp³-hybridized carbons (Fsp3) is 0.455. The van der Waals surface area contributed by atoms with Crippen LogP contribution in [0.15, 0.2) is 38.0 Å². The molecule has 0 heterocycles. The summed E-state index contributed by atoms with van der Waals surface area (Å²) in [6.07, 6.45) is 5.31. The molecule has 0 radical (unpaired) electrons. The quantitative estimate of drug-likeness (QED) is 0.471. The maximum absolute atomic E-state index is 5.35.